The van der Waals surface area contributed by atoms with E-state index in [1.807, 2.05) is 13.8 Å². The summed E-state index contributed by atoms with van der Waals surface area (Å²) in [4.78, 5) is 23.7. The van der Waals surface area contributed by atoms with Crippen LogP contribution in [0.2, 0.25) is 0 Å². The third-order valence-electron chi connectivity index (χ3n) is 4.26. The Bertz CT molecular complexity index is 864. The van der Waals surface area contributed by atoms with Crippen LogP contribution in [-0.2, 0) is 9.53 Å². The minimum atomic E-state index is -1.16. The Labute approximate surface area is 145 Å². The zero-order valence-corrected chi connectivity index (χ0v) is 14.7. The van der Waals surface area contributed by atoms with Gasteiger partial charge in [-0.15, -0.1) is 0 Å². The van der Waals surface area contributed by atoms with E-state index in [0.29, 0.717) is 16.7 Å². The molecule has 1 aromatic heterocycles. The maximum Gasteiger partial charge on any atom is 0.336 e. The number of carbonyl (C=O) groups is 1. The van der Waals surface area contributed by atoms with E-state index in [-0.39, 0.29) is 17.9 Å². The fourth-order valence-electron chi connectivity index (χ4n) is 3.11. The van der Waals surface area contributed by atoms with Gasteiger partial charge in [0, 0.05) is 17.9 Å². The third kappa shape index (κ3) is 3.26. The van der Waals surface area contributed by atoms with Gasteiger partial charge in [0.05, 0.1) is 5.56 Å². The number of carbonyl (C=O) groups excluding carboxylic acids is 1. The van der Waals surface area contributed by atoms with Gasteiger partial charge in [-0.1, -0.05) is 13.8 Å². The maximum absolute atomic E-state index is 12.1. The lowest BCUT2D eigenvalue weighted by Crippen LogP contribution is -2.51. The molecule has 1 aliphatic heterocycles. The third-order valence-corrected chi connectivity index (χ3v) is 4.26. The van der Waals surface area contributed by atoms with E-state index < -0.39 is 29.4 Å². The average Bonchev–Trinajstić information content (AvgIpc) is 2.49. The number of rotatable bonds is 3. The molecule has 2 unspecified atom stereocenters. The topological polar surface area (TPSA) is 86.0 Å². The zero-order chi connectivity index (χ0) is 18.4. The lowest BCUT2D eigenvalue weighted by atomic mass is 9.87. The predicted octanol–water partition coefficient (Wildman–Crippen LogP) is 2.96. The summed E-state index contributed by atoms with van der Waals surface area (Å²) in [5.41, 5.74) is -0.872. The molecular weight excluding hydrogens is 324 g/mol. The van der Waals surface area contributed by atoms with Crippen molar-refractivity contribution >= 4 is 16.9 Å². The number of aliphatic hydroxyl groups excluding tert-OH is 1. The van der Waals surface area contributed by atoms with Gasteiger partial charge in [0.25, 0.3) is 0 Å². The van der Waals surface area contributed by atoms with E-state index in [0.717, 1.165) is 0 Å². The van der Waals surface area contributed by atoms with Gasteiger partial charge in [-0.3, -0.25) is 4.79 Å². The molecule has 2 aromatic rings. The molecule has 0 radical (unpaired) electrons. The highest BCUT2D eigenvalue weighted by Gasteiger charge is 2.47. The molecule has 0 fully saturated rings. The second kappa shape index (κ2) is 6.19. The number of ether oxygens (including phenoxy) is 2. The van der Waals surface area contributed by atoms with Crippen molar-refractivity contribution in [2.45, 2.75) is 51.9 Å². The molecule has 134 valence electrons. The molecule has 3 rings (SSSR count). The Kier molecular flexibility index (Phi) is 4.33. The van der Waals surface area contributed by atoms with E-state index in [4.69, 9.17) is 13.9 Å². The quantitative estimate of drug-likeness (QED) is 0.679. The van der Waals surface area contributed by atoms with Crippen molar-refractivity contribution in [3.63, 3.8) is 0 Å². The summed E-state index contributed by atoms with van der Waals surface area (Å²) in [5.74, 6) is 0.153. The molecule has 6 nitrogen and oxygen atoms in total. The van der Waals surface area contributed by atoms with Crippen LogP contribution in [0.25, 0.3) is 11.0 Å². The normalized spacial score (nSPS) is 21.7. The van der Waals surface area contributed by atoms with Gasteiger partial charge >= 0.3 is 11.6 Å². The van der Waals surface area contributed by atoms with Crippen molar-refractivity contribution in [1.82, 2.24) is 0 Å². The van der Waals surface area contributed by atoms with Crippen LogP contribution in [0.3, 0.4) is 0 Å². The number of esters is 1. The molecule has 0 saturated heterocycles. The number of hydrogen-bond donors (Lipinski definition) is 1. The van der Waals surface area contributed by atoms with E-state index in [1.54, 1.807) is 32.0 Å². The Morgan fingerprint density at radius 1 is 1.28 bits per heavy atom. The van der Waals surface area contributed by atoms with Gasteiger partial charge in [-0.2, -0.15) is 0 Å². The SMILES string of the molecule is CC(C)CC(=O)OC1C(O)c2c(ccc3ccc(=O)oc23)OC1(C)C. The second-order valence-electron chi connectivity index (χ2n) is 7.31. The highest BCUT2D eigenvalue weighted by atomic mass is 16.6. The molecular formula is C19H22O6. The molecule has 1 aliphatic rings. The molecule has 2 heterocycles. The van der Waals surface area contributed by atoms with E-state index in [1.165, 1.54) is 6.07 Å². The van der Waals surface area contributed by atoms with Gasteiger partial charge in [0.15, 0.2) is 6.10 Å². The Balaban J connectivity index is 2.06. The van der Waals surface area contributed by atoms with Crippen molar-refractivity contribution in [3.05, 3.63) is 40.2 Å². The summed E-state index contributed by atoms with van der Waals surface area (Å²) in [5, 5.41) is 11.6. The van der Waals surface area contributed by atoms with Crippen LogP contribution < -0.4 is 10.4 Å². The Hall–Kier alpha value is -2.34. The first-order valence-electron chi connectivity index (χ1n) is 8.32. The molecule has 2 atom stereocenters. The first-order chi connectivity index (χ1) is 11.7. The van der Waals surface area contributed by atoms with Crippen LogP contribution in [-0.4, -0.2) is 22.8 Å². The number of aliphatic hydroxyl groups is 1. The van der Waals surface area contributed by atoms with E-state index in [2.05, 4.69) is 0 Å². The zero-order valence-electron chi connectivity index (χ0n) is 14.7. The standard InChI is InChI=1S/C19H22O6/c1-10(2)9-14(21)24-18-16(22)15-12(25-19(18,3)4)7-5-11-6-8-13(20)23-17(11)15/h5-8,10,16,18,22H,9H2,1-4H3. The summed E-state index contributed by atoms with van der Waals surface area (Å²) in [7, 11) is 0. The second-order valence-corrected chi connectivity index (χ2v) is 7.31. The van der Waals surface area contributed by atoms with E-state index >= 15 is 0 Å². The fraction of sp³-hybridized carbons (Fsp3) is 0.474. The Morgan fingerprint density at radius 2 is 1.96 bits per heavy atom. The predicted molar refractivity (Wildman–Crippen MR) is 91.5 cm³/mol. The minimum Gasteiger partial charge on any atom is -0.483 e. The van der Waals surface area contributed by atoms with Crippen LogP contribution in [0.4, 0.5) is 0 Å². The van der Waals surface area contributed by atoms with Crippen LogP contribution in [0.15, 0.2) is 33.5 Å². The molecule has 6 heteroatoms. The minimum absolute atomic E-state index is 0.142. The van der Waals surface area contributed by atoms with Crippen molar-refractivity contribution in [3.8, 4) is 5.75 Å². The number of benzene rings is 1. The molecule has 0 bridgehead atoms. The smallest absolute Gasteiger partial charge is 0.336 e. The summed E-state index contributed by atoms with van der Waals surface area (Å²) < 4.78 is 16.8. The van der Waals surface area contributed by atoms with E-state index in [9.17, 15) is 14.7 Å². The van der Waals surface area contributed by atoms with Crippen molar-refractivity contribution in [2.75, 3.05) is 0 Å². The lowest BCUT2D eigenvalue weighted by Gasteiger charge is -2.42. The monoisotopic (exact) mass is 346 g/mol. The summed E-state index contributed by atoms with van der Waals surface area (Å²) in [6.07, 6.45) is -1.83. The van der Waals surface area contributed by atoms with Crippen molar-refractivity contribution in [2.24, 2.45) is 5.92 Å². The van der Waals surface area contributed by atoms with Crippen molar-refractivity contribution < 1.29 is 23.8 Å². The van der Waals surface area contributed by atoms with Crippen LogP contribution in [0, 0.1) is 5.92 Å². The lowest BCUT2D eigenvalue weighted by molar-refractivity contribution is -0.178. The van der Waals surface area contributed by atoms with Gasteiger partial charge in [-0.05, 0) is 38.0 Å². The van der Waals surface area contributed by atoms with Gasteiger partial charge in [-0.25, -0.2) is 4.79 Å². The van der Waals surface area contributed by atoms with Crippen LogP contribution >= 0.6 is 0 Å². The highest BCUT2D eigenvalue weighted by Crippen LogP contribution is 2.44. The highest BCUT2D eigenvalue weighted by molar-refractivity contribution is 5.83. The molecule has 0 saturated carbocycles. The maximum atomic E-state index is 12.1. The molecule has 0 aliphatic carbocycles. The summed E-state index contributed by atoms with van der Waals surface area (Å²) in [6.45, 7) is 7.32. The van der Waals surface area contributed by atoms with Crippen molar-refractivity contribution in [1.29, 1.82) is 0 Å². The molecule has 1 N–H and O–H groups in total. The van der Waals surface area contributed by atoms with Crippen LogP contribution in [0.1, 0.15) is 45.8 Å². The summed E-state index contributed by atoms with van der Waals surface area (Å²) >= 11 is 0. The Morgan fingerprint density at radius 3 is 2.64 bits per heavy atom. The fourth-order valence-corrected chi connectivity index (χ4v) is 3.11. The van der Waals surface area contributed by atoms with Gasteiger partial charge in [0.2, 0.25) is 0 Å². The number of hydrogen-bond acceptors (Lipinski definition) is 6. The first-order valence-corrected chi connectivity index (χ1v) is 8.32. The van der Waals surface area contributed by atoms with Gasteiger partial charge in [0.1, 0.15) is 23.0 Å². The molecule has 0 spiro atoms. The number of fused-ring (bicyclic) bond motifs is 3. The molecule has 1 aromatic carbocycles. The van der Waals surface area contributed by atoms with Crippen LogP contribution in [0.5, 0.6) is 5.75 Å². The molecule has 25 heavy (non-hydrogen) atoms. The average molecular weight is 346 g/mol. The molecule has 0 amide bonds. The van der Waals surface area contributed by atoms with Gasteiger partial charge < -0.3 is 19.0 Å². The largest absolute Gasteiger partial charge is 0.483 e. The first kappa shape index (κ1) is 17.5. The summed E-state index contributed by atoms with van der Waals surface area (Å²) in [6, 6.07) is 6.41.